The minimum Gasteiger partial charge on any atom is -0.495 e. The van der Waals surface area contributed by atoms with Gasteiger partial charge in [-0.15, -0.1) is 0 Å². The quantitative estimate of drug-likeness (QED) is 0.491. The Kier molecular flexibility index (Phi) is 7.13. The zero-order valence-electron chi connectivity index (χ0n) is 16.6. The molecule has 0 saturated carbocycles. The number of esters is 1. The molecule has 0 bridgehead atoms. The average Bonchev–Trinajstić information content (AvgIpc) is 2.99. The number of ether oxygens (including phenoxy) is 2. The van der Waals surface area contributed by atoms with Gasteiger partial charge in [-0.1, -0.05) is 23.4 Å². The molecule has 2 heterocycles. The van der Waals surface area contributed by atoms with Crippen molar-refractivity contribution in [2.45, 2.75) is 16.7 Å². The molecular formula is C20H18ClN3O6S. The van der Waals surface area contributed by atoms with Crippen molar-refractivity contribution in [1.82, 2.24) is 9.88 Å². The lowest BCUT2D eigenvalue weighted by Crippen LogP contribution is -2.26. The van der Waals surface area contributed by atoms with Gasteiger partial charge in [0.15, 0.2) is 6.61 Å². The number of anilines is 1. The molecular weight excluding hydrogens is 446 g/mol. The molecule has 1 aliphatic rings. The Hall–Kier alpha value is -3.11. The molecule has 9 nitrogen and oxygen atoms in total. The predicted molar refractivity (Wildman–Crippen MR) is 113 cm³/mol. The fourth-order valence-electron chi connectivity index (χ4n) is 2.76. The largest absolute Gasteiger partial charge is 0.495 e. The smallest absolute Gasteiger partial charge is 0.341 e. The van der Waals surface area contributed by atoms with Crippen LogP contribution in [-0.4, -0.2) is 59.6 Å². The first-order valence-corrected chi connectivity index (χ1v) is 10.3. The van der Waals surface area contributed by atoms with E-state index in [-0.39, 0.29) is 28.8 Å². The zero-order chi connectivity index (χ0) is 22.5. The number of pyridine rings is 1. The fraction of sp³-hybridized carbons (Fsp3) is 0.250. The van der Waals surface area contributed by atoms with E-state index in [1.165, 1.54) is 38.6 Å². The fourth-order valence-corrected chi connectivity index (χ4v) is 4.09. The second-order valence-corrected chi connectivity index (χ2v) is 8.05. The summed E-state index contributed by atoms with van der Waals surface area (Å²) in [7, 11) is 2.85. The molecule has 1 atom stereocenters. The van der Waals surface area contributed by atoms with Crippen LogP contribution < -0.4 is 10.1 Å². The van der Waals surface area contributed by atoms with Gasteiger partial charge >= 0.3 is 5.97 Å². The number of aromatic nitrogens is 1. The van der Waals surface area contributed by atoms with Crippen LogP contribution in [0.15, 0.2) is 41.6 Å². The standard InChI is InChI=1S/C20H18ClN3O6S/c1-24-17(26)9-15(19(24)27)31-18-12(4-3-7-22-18)20(28)30-10-16(25)23-13-8-11(21)5-6-14(13)29-2/h3-8,15H,9-10H2,1-2H3,(H,23,25). The Morgan fingerprint density at radius 2 is 2.10 bits per heavy atom. The van der Waals surface area contributed by atoms with Gasteiger partial charge in [-0.3, -0.25) is 19.3 Å². The maximum Gasteiger partial charge on any atom is 0.341 e. The number of carbonyl (C=O) groups is 4. The summed E-state index contributed by atoms with van der Waals surface area (Å²) in [6.07, 6.45) is 1.48. The number of amides is 3. The lowest BCUT2D eigenvalue weighted by molar-refractivity contribution is -0.136. The lowest BCUT2D eigenvalue weighted by atomic mass is 10.3. The van der Waals surface area contributed by atoms with Gasteiger partial charge in [0.2, 0.25) is 11.8 Å². The number of hydrogen-bond acceptors (Lipinski definition) is 8. The van der Waals surface area contributed by atoms with Crippen LogP contribution in [0, 0.1) is 0 Å². The molecule has 1 aromatic carbocycles. The van der Waals surface area contributed by atoms with Crippen LogP contribution in [0.25, 0.3) is 0 Å². The number of nitrogens with zero attached hydrogens (tertiary/aromatic N) is 2. The van der Waals surface area contributed by atoms with Crippen LogP contribution in [0.2, 0.25) is 5.02 Å². The van der Waals surface area contributed by atoms with E-state index >= 15 is 0 Å². The van der Waals surface area contributed by atoms with Gasteiger partial charge in [0, 0.05) is 24.7 Å². The number of nitrogens with one attached hydrogen (secondary N) is 1. The predicted octanol–water partition coefficient (Wildman–Crippen LogP) is 2.39. The Labute approximate surface area is 187 Å². The third-order valence-corrected chi connectivity index (χ3v) is 5.79. The number of hydrogen-bond donors (Lipinski definition) is 1. The molecule has 0 radical (unpaired) electrons. The van der Waals surface area contributed by atoms with E-state index in [1.807, 2.05) is 0 Å². The Morgan fingerprint density at radius 1 is 1.32 bits per heavy atom. The molecule has 162 valence electrons. The maximum absolute atomic E-state index is 12.5. The van der Waals surface area contributed by atoms with Crippen molar-refractivity contribution in [3.63, 3.8) is 0 Å². The summed E-state index contributed by atoms with van der Waals surface area (Å²) in [4.78, 5) is 53.8. The number of methoxy groups -OCH3 is 1. The number of imide groups is 1. The molecule has 3 amide bonds. The van der Waals surface area contributed by atoms with Crippen LogP contribution in [0.5, 0.6) is 5.75 Å². The SMILES string of the molecule is COc1ccc(Cl)cc1NC(=O)COC(=O)c1cccnc1SC1CC(=O)N(C)C1=O. The van der Waals surface area contributed by atoms with Gasteiger partial charge in [-0.05, 0) is 30.3 Å². The first-order valence-electron chi connectivity index (χ1n) is 9.02. The van der Waals surface area contributed by atoms with Crippen molar-refractivity contribution < 1.29 is 28.7 Å². The van der Waals surface area contributed by atoms with E-state index in [0.717, 1.165) is 16.7 Å². The van der Waals surface area contributed by atoms with E-state index in [1.54, 1.807) is 12.1 Å². The van der Waals surface area contributed by atoms with Crippen LogP contribution >= 0.6 is 23.4 Å². The van der Waals surface area contributed by atoms with Gasteiger partial charge in [0.1, 0.15) is 10.8 Å². The third-order valence-electron chi connectivity index (χ3n) is 4.36. The maximum atomic E-state index is 12.5. The Bertz CT molecular complexity index is 1050. The normalized spacial score (nSPS) is 15.7. The van der Waals surface area contributed by atoms with Crippen LogP contribution in [0.3, 0.4) is 0 Å². The van der Waals surface area contributed by atoms with E-state index in [0.29, 0.717) is 16.5 Å². The van der Waals surface area contributed by atoms with Gasteiger partial charge in [0.25, 0.3) is 5.91 Å². The Morgan fingerprint density at radius 3 is 2.77 bits per heavy atom. The minimum atomic E-state index is -0.783. The van der Waals surface area contributed by atoms with Crippen molar-refractivity contribution in [2.75, 3.05) is 26.1 Å². The summed E-state index contributed by atoms with van der Waals surface area (Å²) >= 11 is 6.94. The molecule has 1 aliphatic heterocycles. The van der Waals surface area contributed by atoms with Crippen LogP contribution in [0.4, 0.5) is 5.69 Å². The number of rotatable bonds is 7. The van der Waals surface area contributed by atoms with E-state index < -0.39 is 23.7 Å². The molecule has 11 heteroatoms. The molecule has 1 fully saturated rings. The number of carbonyl (C=O) groups excluding carboxylic acids is 4. The van der Waals surface area contributed by atoms with Gasteiger partial charge in [0.05, 0.1) is 23.6 Å². The first-order chi connectivity index (χ1) is 14.8. The van der Waals surface area contributed by atoms with Crippen molar-refractivity contribution in [3.05, 3.63) is 47.1 Å². The number of likely N-dealkylation sites (tertiary alicyclic amines) is 1. The molecule has 31 heavy (non-hydrogen) atoms. The summed E-state index contributed by atoms with van der Waals surface area (Å²) in [5.41, 5.74) is 0.428. The van der Waals surface area contributed by atoms with E-state index in [9.17, 15) is 19.2 Å². The molecule has 1 N–H and O–H groups in total. The highest BCUT2D eigenvalue weighted by Crippen LogP contribution is 2.32. The van der Waals surface area contributed by atoms with Gasteiger partial charge < -0.3 is 14.8 Å². The van der Waals surface area contributed by atoms with E-state index in [2.05, 4.69) is 10.3 Å². The van der Waals surface area contributed by atoms with Crippen LogP contribution in [-0.2, 0) is 19.1 Å². The van der Waals surface area contributed by atoms with Crippen molar-refractivity contribution in [3.8, 4) is 5.75 Å². The van der Waals surface area contributed by atoms with Crippen molar-refractivity contribution >= 4 is 52.7 Å². The van der Waals surface area contributed by atoms with Crippen molar-refractivity contribution in [1.29, 1.82) is 0 Å². The highest BCUT2D eigenvalue weighted by molar-refractivity contribution is 8.00. The first kappa shape index (κ1) is 22.6. The minimum absolute atomic E-state index is 0.0228. The Balaban J connectivity index is 1.64. The molecule has 1 unspecified atom stereocenters. The molecule has 0 aliphatic carbocycles. The topological polar surface area (TPSA) is 115 Å². The average molecular weight is 464 g/mol. The number of benzene rings is 1. The zero-order valence-corrected chi connectivity index (χ0v) is 18.2. The van der Waals surface area contributed by atoms with E-state index in [4.69, 9.17) is 21.1 Å². The van der Waals surface area contributed by atoms with Gasteiger partial charge in [-0.2, -0.15) is 0 Å². The highest BCUT2D eigenvalue weighted by Gasteiger charge is 2.37. The second-order valence-electron chi connectivity index (χ2n) is 6.43. The lowest BCUT2D eigenvalue weighted by Gasteiger charge is -2.12. The monoisotopic (exact) mass is 463 g/mol. The summed E-state index contributed by atoms with van der Waals surface area (Å²) in [6, 6.07) is 7.71. The molecule has 3 rings (SSSR count). The summed E-state index contributed by atoms with van der Waals surface area (Å²) in [5.74, 6) is -1.62. The van der Waals surface area contributed by atoms with Crippen LogP contribution in [0.1, 0.15) is 16.8 Å². The van der Waals surface area contributed by atoms with Crippen molar-refractivity contribution in [2.24, 2.45) is 0 Å². The molecule has 1 aromatic heterocycles. The summed E-state index contributed by atoms with van der Waals surface area (Å²) < 4.78 is 10.3. The highest BCUT2D eigenvalue weighted by atomic mass is 35.5. The summed E-state index contributed by atoms with van der Waals surface area (Å²) in [6.45, 7) is -0.558. The van der Waals surface area contributed by atoms with Gasteiger partial charge in [-0.25, -0.2) is 9.78 Å². The number of thioether (sulfide) groups is 1. The molecule has 0 spiro atoms. The molecule has 2 aromatic rings. The third kappa shape index (κ3) is 5.33. The number of halogens is 1. The summed E-state index contributed by atoms with van der Waals surface area (Å²) in [5, 5.41) is 2.54. The molecule has 1 saturated heterocycles. The second kappa shape index (κ2) is 9.80.